The number of benzene rings is 3. The van der Waals surface area contributed by atoms with Crippen LogP contribution in [0, 0.1) is 13.8 Å². The number of imidazole rings is 1. The summed E-state index contributed by atoms with van der Waals surface area (Å²) >= 11 is 0. The molecular weight excluding hydrogens is 450 g/mol. The number of H-pyrrole nitrogens is 1. The minimum Gasteiger partial charge on any atom is -0.491 e. The van der Waals surface area contributed by atoms with Gasteiger partial charge < -0.3 is 25.7 Å². The Morgan fingerprint density at radius 1 is 0.944 bits per heavy atom. The van der Waals surface area contributed by atoms with Crippen molar-refractivity contribution >= 4 is 34.3 Å². The highest BCUT2D eigenvalue weighted by Crippen LogP contribution is 2.33. The molecule has 0 saturated carbocycles. The molecule has 8 nitrogen and oxygen atoms in total. The number of nitrogens with two attached hydrogens (primary N) is 1. The molecule has 3 aromatic carbocycles. The molecule has 3 heterocycles. The highest BCUT2D eigenvalue weighted by Gasteiger charge is 2.21. The minimum atomic E-state index is 0.421. The Morgan fingerprint density at radius 2 is 1.75 bits per heavy atom. The van der Waals surface area contributed by atoms with Crippen molar-refractivity contribution in [3.63, 3.8) is 0 Å². The number of nitrogen functional groups attached to an aromatic ring is 1. The molecule has 180 valence electrons. The lowest BCUT2D eigenvalue weighted by Crippen LogP contribution is -2.27. The molecular formula is C28H27N7O. The molecule has 4 N–H and O–H groups in total. The largest absolute Gasteiger partial charge is 0.491 e. The Balaban J connectivity index is 1.33. The first-order chi connectivity index (χ1) is 17.5. The number of para-hydroxylation sites is 1. The predicted molar refractivity (Wildman–Crippen MR) is 144 cm³/mol. The molecule has 0 atom stereocenters. The number of hydrogen-bond acceptors (Lipinski definition) is 7. The van der Waals surface area contributed by atoms with Crippen LogP contribution < -0.4 is 20.7 Å². The zero-order valence-corrected chi connectivity index (χ0v) is 20.2. The number of anilines is 4. The molecule has 0 amide bonds. The van der Waals surface area contributed by atoms with E-state index in [1.165, 1.54) is 0 Å². The number of nitrogens with one attached hydrogen (secondary N) is 2. The first-order valence-corrected chi connectivity index (χ1v) is 12.0. The van der Waals surface area contributed by atoms with E-state index >= 15 is 0 Å². The van der Waals surface area contributed by atoms with E-state index in [1.807, 2.05) is 43.3 Å². The number of aromatic nitrogens is 4. The predicted octanol–water partition coefficient (Wildman–Crippen LogP) is 5.36. The number of nitrogens with zero attached hydrogens (tertiary/aromatic N) is 4. The zero-order valence-electron chi connectivity index (χ0n) is 20.2. The van der Waals surface area contributed by atoms with E-state index in [4.69, 9.17) is 15.5 Å². The van der Waals surface area contributed by atoms with Gasteiger partial charge in [-0.1, -0.05) is 30.3 Å². The summed E-state index contributed by atoms with van der Waals surface area (Å²) in [5, 5.41) is 3.45. The summed E-state index contributed by atoms with van der Waals surface area (Å²) in [6.45, 7) is 5.98. The maximum absolute atomic E-state index is 6.13. The van der Waals surface area contributed by atoms with Crippen molar-refractivity contribution in [3.8, 4) is 16.9 Å². The van der Waals surface area contributed by atoms with Crippen LogP contribution in [0.25, 0.3) is 22.2 Å². The van der Waals surface area contributed by atoms with E-state index in [2.05, 4.69) is 62.4 Å². The summed E-state index contributed by atoms with van der Waals surface area (Å²) in [6, 6.07) is 22.6. The van der Waals surface area contributed by atoms with Crippen molar-refractivity contribution < 1.29 is 4.74 Å². The number of rotatable bonds is 4. The van der Waals surface area contributed by atoms with Gasteiger partial charge in [-0.15, -0.1) is 0 Å². The number of aromatic amines is 1. The third kappa shape index (κ3) is 4.17. The van der Waals surface area contributed by atoms with Gasteiger partial charge in [0.25, 0.3) is 0 Å². The fourth-order valence-corrected chi connectivity index (χ4v) is 4.67. The summed E-state index contributed by atoms with van der Waals surface area (Å²) in [5.74, 6) is 3.77. The molecule has 1 aliphatic heterocycles. The monoisotopic (exact) mass is 477 g/mol. The molecule has 0 radical (unpaired) electrons. The van der Waals surface area contributed by atoms with Gasteiger partial charge in [0.05, 0.1) is 17.6 Å². The van der Waals surface area contributed by atoms with Crippen LogP contribution in [0.15, 0.2) is 66.7 Å². The normalized spacial score (nSPS) is 13.2. The van der Waals surface area contributed by atoms with Crippen LogP contribution in [0.4, 0.5) is 23.3 Å². The van der Waals surface area contributed by atoms with Gasteiger partial charge in [0.15, 0.2) is 5.95 Å². The van der Waals surface area contributed by atoms with Crippen LogP contribution in [-0.4, -0.2) is 33.1 Å². The lowest BCUT2D eigenvalue weighted by Gasteiger charge is -2.24. The SMILES string of the molecule is Cc1nc(Nc2ccccc2)c(C)c(N2CCOc3ccc(-c4ccc5nc(N)[nH]c5c4)cc3C2)n1. The molecule has 8 heteroatoms. The number of fused-ring (bicyclic) bond motifs is 2. The molecule has 5 aromatic rings. The third-order valence-corrected chi connectivity index (χ3v) is 6.44. The number of aryl methyl sites for hydroxylation is 1. The second-order valence-corrected chi connectivity index (χ2v) is 9.01. The Hall–Kier alpha value is -4.59. The number of ether oxygens (including phenoxy) is 1. The zero-order chi connectivity index (χ0) is 24.6. The maximum Gasteiger partial charge on any atom is 0.198 e. The van der Waals surface area contributed by atoms with Crippen LogP contribution in [0.2, 0.25) is 0 Å². The number of hydrogen-bond donors (Lipinski definition) is 3. The Morgan fingerprint density at radius 3 is 2.61 bits per heavy atom. The van der Waals surface area contributed by atoms with E-state index in [0.717, 1.165) is 68.7 Å². The average Bonchev–Trinajstić information content (AvgIpc) is 3.12. The summed E-state index contributed by atoms with van der Waals surface area (Å²) in [7, 11) is 0. The van der Waals surface area contributed by atoms with E-state index < -0.39 is 0 Å². The molecule has 0 spiro atoms. The van der Waals surface area contributed by atoms with Gasteiger partial charge in [0, 0.05) is 23.4 Å². The summed E-state index contributed by atoms with van der Waals surface area (Å²) in [5.41, 5.74) is 12.9. The van der Waals surface area contributed by atoms with Gasteiger partial charge in [0.1, 0.15) is 29.8 Å². The van der Waals surface area contributed by atoms with Crippen molar-refractivity contribution in [2.45, 2.75) is 20.4 Å². The second kappa shape index (κ2) is 8.88. The third-order valence-electron chi connectivity index (χ3n) is 6.44. The molecule has 0 bridgehead atoms. The molecule has 6 rings (SSSR count). The topological polar surface area (TPSA) is 105 Å². The van der Waals surface area contributed by atoms with Gasteiger partial charge in [-0.3, -0.25) is 0 Å². The van der Waals surface area contributed by atoms with E-state index in [1.54, 1.807) is 0 Å². The van der Waals surface area contributed by atoms with E-state index in [9.17, 15) is 0 Å². The maximum atomic E-state index is 6.13. The van der Waals surface area contributed by atoms with Gasteiger partial charge in [0.2, 0.25) is 0 Å². The van der Waals surface area contributed by atoms with E-state index in [-0.39, 0.29) is 0 Å². The van der Waals surface area contributed by atoms with Gasteiger partial charge in [-0.2, -0.15) is 0 Å². The standard InChI is InChI=1S/C28H27N7O/c1-17-26(32-22-6-4-3-5-7-22)30-18(2)31-27(17)35-12-13-36-25-11-9-19(14-21(25)16-35)20-8-10-23-24(15-20)34-28(29)33-23/h3-11,14-15H,12-13,16H2,1-2H3,(H3,29,33,34)(H,30,31,32). The van der Waals surface area contributed by atoms with Crippen molar-refractivity contribution in [2.75, 3.05) is 29.1 Å². The first kappa shape index (κ1) is 21.9. The Labute approximate surface area is 209 Å². The molecule has 1 aliphatic rings. The first-order valence-electron chi connectivity index (χ1n) is 12.0. The van der Waals surface area contributed by atoms with E-state index in [0.29, 0.717) is 19.1 Å². The molecule has 2 aromatic heterocycles. The highest BCUT2D eigenvalue weighted by molar-refractivity contribution is 5.83. The molecule has 0 unspecified atom stereocenters. The summed E-state index contributed by atoms with van der Waals surface area (Å²) < 4.78 is 6.13. The van der Waals surface area contributed by atoms with Crippen molar-refractivity contribution in [3.05, 3.63) is 83.7 Å². The van der Waals surface area contributed by atoms with Crippen molar-refractivity contribution in [1.82, 2.24) is 19.9 Å². The van der Waals surface area contributed by atoms with Crippen molar-refractivity contribution in [1.29, 1.82) is 0 Å². The molecule has 0 saturated heterocycles. The smallest absolute Gasteiger partial charge is 0.198 e. The molecule has 36 heavy (non-hydrogen) atoms. The Bertz CT molecular complexity index is 1560. The molecule has 0 aliphatic carbocycles. The van der Waals surface area contributed by atoms with Crippen LogP contribution in [0.3, 0.4) is 0 Å². The fraction of sp³-hybridized carbons (Fsp3) is 0.179. The van der Waals surface area contributed by atoms with Gasteiger partial charge >= 0.3 is 0 Å². The van der Waals surface area contributed by atoms with Crippen LogP contribution in [0.1, 0.15) is 17.0 Å². The summed E-state index contributed by atoms with van der Waals surface area (Å²) in [6.07, 6.45) is 0. The summed E-state index contributed by atoms with van der Waals surface area (Å²) in [4.78, 5) is 19.2. The molecule has 0 fully saturated rings. The van der Waals surface area contributed by atoms with Gasteiger partial charge in [-0.25, -0.2) is 15.0 Å². The van der Waals surface area contributed by atoms with Crippen molar-refractivity contribution in [2.24, 2.45) is 0 Å². The fourth-order valence-electron chi connectivity index (χ4n) is 4.67. The lowest BCUT2D eigenvalue weighted by atomic mass is 10.0. The van der Waals surface area contributed by atoms with Crippen LogP contribution in [0.5, 0.6) is 5.75 Å². The van der Waals surface area contributed by atoms with Crippen LogP contribution >= 0.6 is 0 Å². The minimum absolute atomic E-state index is 0.421. The average molecular weight is 478 g/mol. The Kier molecular flexibility index (Phi) is 5.41. The highest BCUT2D eigenvalue weighted by atomic mass is 16.5. The lowest BCUT2D eigenvalue weighted by molar-refractivity contribution is 0.331. The second-order valence-electron chi connectivity index (χ2n) is 9.01. The van der Waals surface area contributed by atoms with Crippen LogP contribution in [-0.2, 0) is 6.54 Å². The quantitative estimate of drug-likeness (QED) is 0.320. The van der Waals surface area contributed by atoms with Gasteiger partial charge in [-0.05, 0) is 61.4 Å².